The largest absolute Gasteiger partial charge is 0.454 e. The summed E-state index contributed by atoms with van der Waals surface area (Å²) < 4.78 is 19.9. The molecule has 160 valence electrons. The fraction of sp³-hybridized carbons (Fsp3) is 0.0833. The average molecular weight is 438 g/mol. The van der Waals surface area contributed by atoms with Crippen LogP contribution in [0.2, 0.25) is 0 Å². The van der Waals surface area contributed by atoms with Gasteiger partial charge in [0.05, 0.1) is 17.0 Å². The number of ether oxygens (including phenoxy) is 3. The maximum atomic E-state index is 13.6. The molecule has 0 amide bonds. The SMILES string of the molecule is O=c1c2c(nc3ccccn13)Oc1nc3ccccn3c(=O)c1C2c1ccc2c(c1)OCO2. The number of aromatic nitrogens is 4. The van der Waals surface area contributed by atoms with Gasteiger partial charge in [0, 0.05) is 12.4 Å². The van der Waals surface area contributed by atoms with Crippen molar-refractivity contribution in [3.8, 4) is 23.3 Å². The van der Waals surface area contributed by atoms with Crippen LogP contribution >= 0.6 is 0 Å². The molecule has 0 saturated heterocycles. The minimum absolute atomic E-state index is 0.115. The summed E-state index contributed by atoms with van der Waals surface area (Å²) in [6.07, 6.45) is 3.28. The van der Waals surface area contributed by atoms with Gasteiger partial charge in [0.15, 0.2) is 11.5 Å². The highest BCUT2D eigenvalue weighted by Crippen LogP contribution is 2.45. The zero-order valence-electron chi connectivity index (χ0n) is 17.0. The van der Waals surface area contributed by atoms with Gasteiger partial charge in [0.25, 0.3) is 11.1 Å². The van der Waals surface area contributed by atoms with Gasteiger partial charge in [-0.1, -0.05) is 18.2 Å². The van der Waals surface area contributed by atoms with Crippen molar-refractivity contribution < 1.29 is 14.2 Å². The lowest BCUT2D eigenvalue weighted by atomic mass is 9.85. The lowest BCUT2D eigenvalue weighted by molar-refractivity contribution is 0.174. The first-order valence-electron chi connectivity index (χ1n) is 10.3. The predicted octanol–water partition coefficient (Wildman–Crippen LogP) is 2.72. The minimum atomic E-state index is -0.757. The van der Waals surface area contributed by atoms with Crippen molar-refractivity contribution in [2.75, 3.05) is 6.79 Å². The topological polar surface area (TPSA) is 96.4 Å². The average Bonchev–Trinajstić information content (AvgIpc) is 3.31. The molecule has 6 heterocycles. The summed E-state index contributed by atoms with van der Waals surface area (Å²) in [5.74, 6) is 0.660. The lowest BCUT2D eigenvalue weighted by Crippen LogP contribution is -2.32. The molecule has 0 atom stereocenters. The smallest absolute Gasteiger partial charge is 0.265 e. The molecule has 1 aromatic carbocycles. The van der Waals surface area contributed by atoms with Crippen LogP contribution in [-0.4, -0.2) is 25.6 Å². The van der Waals surface area contributed by atoms with Crippen LogP contribution in [0.5, 0.6) is 23.3 Å². The third-order valence-corrected chi connectivity index (χ3v) is 5.97. The van der Waals surface area contributed by atoms with Crippen molar-refractivity contribution in [3.63, 3.8) is 0 Å². The molecule has 0 fully saturated rings. The first-order valence-corrected chi connectivity index (χ1v) is 10.3. The van der Waals surface area contributed by atoms with E-state index in [9.17, 15) is 9.59 Å². The molecule has 4 aromatic heterocycles. The molecule has 9 nitrogen and oxygen atoms in total. The Kier molecular flexibility index (Phi) is 3.50. The normalized spacial score (nSPS) is 14.2. The molecule has 5 aromatic rings. The number of fused-ring (bicyclic) bond motifs is 5. The molecule has 0 saturated carbocycles. The highest BCUT2D eigenvalue weighted by Gasteiger charge is 2.38. The molecule has 9 heteroatoms. The van der Waals surface area contributed by atoms with Gasteiger partial charge in [-0.25, -0.2) is 0 Å². The first kappa shape index (κ1) is 18.0. The fourth-order valence-corrected chi connectivity index (χ4v) is 4.48. The van der Waals surface area contributed by atoms with Gasteiger partial charge in [-0.2, -0.15) is 9.97 Å². The van der Waals surface area contributed by atoms with Crippen molar-refractivity contribution in [1.29, 1.82) is 0 Å². The molecular formula is C24H14N4O5. The van der Waals surface area contributed by atoms with Gasteiger partial charge in [0.1, 0.15) is 11.3 Å². The van der Waals surface area contributed by atoms with Crippen LogP contribution in [-0.2, 0) is 0 Å². The van der Waals surface area contributed by atoms with E-state index in [0.29, 0.717) is 28.4 Å². The number of benzene rings is 1. The molecule has 0 radical (unpaired) electrons. The number of rotatable bonds is 1. The van der Waals surface area contributed by atoms with Gasteiger partial charge < -0.3 is 14.2 Å². The van der Waals surface area contributed by atoms with E-state index in [0.717, 1.165) is 0 Å². The minimum Gasteiger partial charge on any atom is -0.454 e. The van der Waals surface area contributed by atoms with E-state index in [2.05, 4.69) is 9.97 Å². The maximum Gasteiger partial charge on any atom is 0.265 e. The molecule has 0 unspecified atom stereocenters. The van der Waals surface area contributed by atoms with E-state index in [4.69, 9.17) is 14.2 Å². The molecule has 0 spiro atoms. The van der Waals surface area contributed by atoms with Crippen LogP contribution in [0, 0.1) is 0 Å². The summed E-state index contributed by atoms with van der Waals surface area (Å²) in [6, 6.07) is 15.9. The van der Waals surface area contributed by atoms with Crippen LogP contribution in [0.15, 0.2) is 76.6 Å². The predicted molar refractivity (Wildman–Crippen MR) is 117 cm³/mol. The third kappa shape index (κ3) is 2.47. The Labute approximate surface area is 185 Å². The number of hydrogen-bond donors (Lipinski definition) is 0. The Bertz CT molecular complexity index is 1640. The lowest BCUT2D eigenvalue weighted by Gasteiger charge is -2.26. The van der Waals surface area contributed by atoms with E-state index < -0.39 is 5.92 Å². The van der Waals surface area contributed by atoms with E-state index in [1.54, 1.807) is 60.9 Å². The van der Waals surface area contributed by atoms with E-state index in [-0.39, 0.29) is 40.8 Å². The second-order valence-electron chi connectivity index (χ2n) is 7.78. The summed E-state index contributed by atoms with van der Waals surface area (Å²) in [4.78, 5) is 36.4. The molecule has 33 heavy (non-hydrogen) atoms. The van der Waals surface area contributed by atoms with Crippen molar-refractivity contribution in [3.05, 3.63) is 104 Å². The zero-order chi connectivity index (χ0) is 22.1. The highest BCUT2D eigenvalue weighted by atomic mass is 16.7. The summed E-state index contributed by atoms with van der Waals surface area (Å²) in [7, 11) is 0. The van der Waals surface area contributed by atoms with Gasteiger partial charge >= 0.3 is 0 Å². The first-order chi connectivity index (χ1) is 16.2. The van der Waals surface area contributed by atoms with E-state index in [1.165, 1.54) is 8.80 Å². The Morgan fingerprint density at radius 3 is 2.00 bits per heavy atom. The number of hydrogen-bond acceptors (Lipinski definition) is 7. The number of pyridine rings is 2. The van der Waals surface area contributed by atoms with Gasteiger partial charge in [-0.05, 0) is 42.0 Å². The molecule has 0 bridgehead atoms. The molecule has 7 rings (SSSR count). The molecule has 0 N–H and O–H groups in total. The van der Waals surface area contributed by atoms with Crippen molar-refractivity contribution >= 4 is 11.3 Å². The fourth-order valence-electron chi connectivity index (χ4n) is 4.48. The van der Waals surface area contributed by atoms with Crippen LogP contribution in [0.25, 0.3) is 11.3 Å². The van der Waals surface area contributed by atoms with Crippen LogP contribution < -0.4 is 25.3 Å². The molecular weight excluding hydrogens is 424 g/mol. The van der Waals surface area contributed by atoms with E-state index >= 15 is 0 Å². The van der Waals surface area contributed by atoms with Crippen molar-refractivity contribution in [2.45, 2.75) is 5.92 Å². The van der Waals surface area contributed by atoms with Crippen LogP contribution in [0.1, 0.15) is 22.6 Å². The van der Waals surface area contributed by atoms with Gasteiger partial charge in [-0.3, -0.25) is 18.4 Å². The Morgan fingerprint density at radius 2 is 1.36 bits per heavy atom. The summed E-state index contributed by atoms with van der Waals surface area (Å²) in [6.45, 7) is 0.115. The Balaban J connectivity index is 1.60. The molecule has 0 aliphatic carbocycles. The highest BCUT2D eigenvalue weighted by molar-refractivity contribution is 5.59. The number of nitrogens with zero attached hydrogens (tertiary/aromatic N) is 4. The second kappa shape index (κ2) is 6.42. The summed E-state index contributed by atoms with van der Waals surface area (Å²) >= 11 is 0. The third-order valence-electron chi connectivity index (χ3n) is 5.97. The summed E-state index contributed by atoms with van der Waals surface area (Å²) in [5.41, 5.74) is 1.44. The van der Waals surface area contributed by atoms with E-state index in [1.807, 2.05) is 6.07 Å². The quantitative estimate of drug-likeness (QED) is 0.389. The zero-order valence-corrected chi connectivity index (χ0v) is 17.0. The Hall–Kier alpha value is -4.66. The Morgan fingerprint density at radius 1 is 0.758 bits per heavy atom. The standard InChI is InChI=1S/C24H14N4O5/c29-23-19-18(13-7-8-14-15(11-13)32-12-31-14)20-22(26-17-6-2-4-10-28(17)24(20)30)33-21(19)25-16-5-1-3-9-27(16)23/h1-11,18H,12H2. The molecule has 2 aliphatic heterocycles. The van der Waals surface area contributed by atoms with Crippen LogP contribution in [0.4, 0.5) is 0 Å². The second-order valence-corrected chi connectivity index (χ2v) is 7.78. The van der Waals surface area contributed by atoms with Gasteiger partial charge in [-0.15, -0.1) is 0 Å². The monoisotopic (exact) mass is 438 g/mol. The molecule has 2 aliphatic rings. The van der Waals surface area contributed by atoms with Crippen molar-refractivity contribution in [2.24, 2.45) is 0 Å². The maximum absolute atomic E-state index is 13.6. The van der Waals surface area contributed by atoms with Crippen molar-refractivity contribution in [1.82, 2.24) is 18.8 Å². The summed E-state index contributed by atoms with van der Waals surface area (Å²) in [5, 5.41) is 0. The van der Waals surface area contributed by atoms with Crippen LogP contribution in [0.3, 0.4) is 0 Å². The van der Waals surface area contributed by atoms with Gasteiger partial charge in [0.2, 0.25) is 18.6 Å².